The highest BCUT2D eigenvalue weighted by Crippen LogP contribution is 2.25. The predicted octanol–water partition coefficient (Wildman–Crippen LogP) is 7.44. The number of amides is 1. The molecule has 0 atom stereocenters. The van der Waals surface area contributed by atoms with Crippen molar-refractivity contribution in [2.24, 2.45) is 0 Å². The highest BCUT2D eigenvalue weighted by Gasteiger charge is 2.11. The number of benzene rings is 3. The molecule has 1 amide bonds. The number of methoxy groups -OCH3 is 1. The number of hydrogen-bond donors (Lipinski definition) is 1. The molecule has 6 nitrogen and oxygen atoms in total. The van der Waals surface area contributed by atoms with E-state index in [4.69, 9.17) is 44.3 Å². The molecular weight excluding hydrogens is 533 g/mol. The van der Waals surface area contributed by atoms with Crippen LogP contribution in [0.3, 0.4) is 0 Å². The Balaban J connectivity index is 1.40. The highest BCUT2D eigenvalue weighted by molar-refractivity contribution is 6.35. The molecule has 37 heavy (non-hydrogen) atoms. The van der Waals surface area contributed by atoms with Crippen LogP contribution in [0.2, 0.25) is 15.1 Å². The van der Waals surface area contributed by atoms with Crippen LogP contribution in [-0.4, -0.2) is 22.8 Å². The summed E-state index contributed by atoms with van der Waals surface area (Å²) in [4.78, 5) is 12.6. The summed E-state index contributed by atoms with van der Waals surface area (Å²) in [5, 5.41) is 8.45. The number of ether oxygens (including phenoxy) is 2. The van der Waals surface area contributed by atoms with E-state index < -0.39 is 0 Å². The zero-order valence-corrected chi connectivity index (χ0v) is 22.4. The van der Waals surface area contributed by atoms with Gasteiger partial charge in [-0.3, -0.25) is 9.48 Å². The first-order valence-corrected chi connectivity index (χ1v) is 12.5. The van der Waals surface area contributed by atoms with Crippen molar-refractivity contribution in [2.45, 2.75) is 20.1 Å². The normalized spacial score (nSPS) is 11.1. The van der Waals surface area contributed by atoms with Gasteiger partial charge in [-0.25, -0.2) is 0 Å². The van der Waals surface area contributed by atoms with E-state index in [-0.39, 0.29) is 11.7 Å². The molecule has 0 aliphatic rings. The summed E-state index contributed by atoms with van der Waals surface area (Å²) >= 11 is 18.5. The minimum atomic E-state index is -0.370. The number of halogens is 3. The Bertz CT molecular complexity index is 1450. The molecule has 9 heteroatoms. The molecule has 0 unspecified atom stereocenters. The monoisotopic (exact) mass is 555 g/mol. The fraction of sp³-hybridized carbons (Fsp3) is 0.143. The zero-order valence-electron chi connectivity index (χ0n) is 20.2. The molecule has 4 rings (SSSR count). The molecule has 1 heterocycles. The van der Waals surface area contributed by atoms with Gasteiger partial charge in [-0.05, 0) is 66.1 Å². The Hall–Kier alpha value is -3.45. The van der Waals surface area contributed by atoms with E-state index in [1.54, 1.807) is 36.2 Å². The lowest BCUT2D eigenvalue weighted by Crippen LogP contribution is -2.09. The molecule has 0 radical (unpaired) electrons. The van der Waals surface area contributed by atoms with Gasteiger partial charge in [-0.15, -0.1) is 0 Å². The van der Waals surface area contributed by atoms with Gasteiger partial charge in [0, 0.05) is 27.9 Å². The van der Waals surface area contributed by atoms with Gasteiger partial charge in [-0.2, -0.15) is 5.10 Å². The molecule has 190 valence electrons. The van der Waals surface area contributed by atoms with Gasteiger partial charge in [-0.1, -0.05) is 59.1 Å². The lowest BCUT2D eigenvalue weighted by molar-refractivity contribution is -0.111. The number of rotatable bonds is 9. The van der Waals surface area contributed by atoms with Crippen molar-refractivity contribution >= 4 is 52.6 Å². The maximum absolute atomic E-state index is 12.6. The first-order chi connectivity index (χ1) is 17.8. The Morgan fingerprint density at radius 2 is 1.86 bits per heavy atom. The smallest absolute Gasteiger partial charge is 0.249 e. The van der Waals surface area contributed by atoms with Gasteiger partial charge in [0.05, 0.1) is 13.7 Å². The van der Waals surface area contributed by atoms with Gasteiger partial charge < -0.3 is 14.8 Å². The number of carbonyl (C=O) groups is 1. The quantitative estimate of drug-likeness (QED) is 0.218. The van der Waals surface area contributed by atoms with Crippen LogP contribution < -0.4 is 14.8 Å². The van der Waals surface area contributed by atoms with Crippen molar-refractivity contribution in [2.75, 3.05) is 12.4 Å². The number of nitrogens with zero attached hydrogens (tertiary/aromatic N) is 2. The van der Waals surface area contributed by atoms with Crippen molar-refractivity contribution in [3.05, 3.63) is 110 Å². The number of carbonyl (C=O) groups excluding carboxylic acids is 1. The van der Waals surface area contributed by atoms with E-state index in [2.05, 4.69) is 10.4 Å². The Labute approximate surface area is 230 Å². The van der Waals surface area contributed by atoms with Crippen LogP contribution in [0.5, 0.6) is 11.5 Å². The minimum Gasteiger partial charge on any atom is -0.496 e. The van der Waals surface area contributed by atoms with Gasteiger partial charge in [0.25, 0.3) is 0 Å². The second-order valence-electron chi connectivity index (χ2n) is 8.26. The standard InChI is InChI=1S/C28H24Cl3N3O3/c1-18-4-3-5-23(12-18)37-17-21-13-19(6-10-26(21)36-2)7-11-27(35)32-28-25(31)16-34(33-28)15-20-8-9-22(29)14-24(20)30/h3-14,16H,15,17H2,1-2H3,(H,32,33,35)/b11-7+. The molecule has 0 bridgehead atoms. The van der Waals surface area contributed by atoms with E-state index in [9.17, 15) is 4.79 Å². The van der Waals surface area contributed by atoms with Crippen LogP contribution in [0.1, 0.15) is 22.3 Å². The summed E-state index contributed by atoms with van der Waals surface area (Å²) < 4.78 is 13.0. The molecule has 0 saturated carbocycles. The Morgan fingerprint density at radius 3 is 2.62 bits per heavy atom. The summed E-state index contributed by atoms with van der Waals surface area (Å²) in [6, 6.07) is 18.7. The fourth-order valence-corrected chi connectivity index (χ4v) is 4.26. The fourth-order valence-electron chi connectivity index (χ4n) is 3.60. The van der Waals surface area contributed by atoms with E-state index in [0.717, 1.165) is 28.0 Å². The molecule has 1 N–H and O–H groups in total. The van der Waals surface area contributed by atoms with Crippen LogP contribution in [0.15, 0.2) is 72.9 Å². The van der Waals surface area contributed by atoms with E-state index in [1.807, 2.05) is 55.5 Å². The molecular formula is C28H24Cl3N3O3. The van der Waals surface area contributed by atoms with Crippen molar-refractivity contribution in [3.8, 4) is 11.5 Å². The summed E-state index contributed by atoms with van der Waals surface area (Å²) in [5.41, 5.74) is 3.61. The minimum absolute atomic E-state index is 0.253. The number of aryl methyl sites for hydroxylation is 1. The van der Waals surface area contributed by atoms with E-state index in [0.29, 0.717) is 34.0 Å². The van der Waals surface area contributed by atoms with Gasteiger partial charge in [0.15, 0.2) is 5.82 Å². The SMILES string of the molecule is COc1ccc(/C=C/C(=O)Nc2nn(Cc3ccc(Cl)cc3Cl)cc2Cl)cc1COc1cccc(C)c1. The second kappa shape index (κ2) is 12.2. The van der Waals surface area contributed by atoms with Crippen molar-refractivity contribution < 1.29 is 14.3 Å². The molecule has 4 aromatic rings. The summed E-state index contributed by atoms with van der Waals surface area (Å²) in [6.07, 6.45) is 4.73. The Morgan fingerprint density at radius 1 is 1.03 bits per heavy atom. The number of aromatic nitrogens is 2. The Kier molecular flexibility index (Phi) is 8.77. The lowest BCUT2D eigenvalue weighted by atomic mass is 10.1. The van der Waals surface area contributed by atoms with Crippen molar-refractivity contribution in [1.82, 2.24) is 9.78 Å². The lowest BCUT2D eigenvalue weighted by Gasteiger charge is -2.11. The molecule has 0 spiro atoms. The van der Waals surface area contributed by atoms with Crippen LogP contribution in [0.4, 0.5) is 5.82 Å². The van der Waals surface area contributed by atoms with Crippen LogP contribution in [0, 0.1) is 6.92 Å². The molecule has 1 aromatic heterocycles. The maximum Gasteiger partial charge on any atom is 0.249 e. The van der Waals surface area contributed by atoms with Crippen LogP contribution in [0.25, 0.3) is 6.08 Å². The second-order valence-corrected chi connectivity index (χ2v) is 9.51. The van der Waals surface area contributed by atoms with Gasteiger partial charge in [0.2, 0.25) is 5.91 Å². The molecule has 0 saturated heterocycles. The number of anilines is 1. The number of nitrogens with one attached hydrogen (secondary N) is 1. The first kappa shape index (κ1) is 26.6. The molecule has 0 aliphatic heterocycles. The average Bonchev–Trinajstić information content (AvgIpc) is 3.21. The third kappa shape index (κ3) is 7.29. The number of hydrogen-bond acceptors (Lipinski definition) is 4. The van der Waals surface area contributed by atoms with Crippen LogP contribution in [-0.2, 0) is 17.9 Å². The predicted molar refractivity (Wildman–Crippen MR) is 149 cm³/mol. The van der Waals surface area contributed by atoms with E-state index in [1.165, 1.54) is 6.08 Å². The van der Waals surface area contributed by atoms with E-state index >= 15 is 0 Å². The summed E-state index contributed by atoms with van der Waals surface area (Å²) in [5.74, 6) is 1.36. The van der Waals surface area contributed by atoms with Gasteiger partial charge in [0.1, 0.15) is 23.1 Å². The molecule has 0 fully saturated rings. The molecule has 3 aromatic carbocycles. The van der Waals surface area contributed by atoms with Crippen molar-refractivity contribution in [1.29, 1.82) is 0 Å². The third-order valence-corrected chi connectivity index (χ3v) is 6.29. The van der Waals surface area contributed by atoms with Crippen molar-refractivity contribution in [3.63, 3.8) is 0 Å². The molecule has 0 aliphatic carbocycles. The summed E-state index contributed by atoms with van der Waals surface area (Å²) in [7, 11) is 1.61. The zero-order chi connectivity index (χ0) is 26.4. The van der Waals surface area contributed by atoms with Gasteiger partial charge >= 0.3 is 0 Å². The largest absolute Gasteiger partial charge is 0.496 e. The van der Waals surface area contributed by atoms with Crippen LogP contribution >= 0.6 is 34.8 Å². The third-order valence-electron chi connectivity index (χ3n) is 5.42. The first-order valence-electron chi connectivity index (χ1n) is 11.3. The topological polar surface area (TPSA) is 65.4 Å². The maximum atomic E-state index is 12.6. The highest BCUT2D eigenvalue weighted by atomic mass is 35.5. The summed E-state index contributed by atoms with van der Waals surface area (Å²) in [6.45, 7) is 2.71. The average molecular weight is 557 g/mol.